The fraction of sp³-hybridized carbons (Fsp3) is 1.00. The molecule has 1 unspecified atom stereocenters. The summed E-state index contributed by atoms with van der Waals surface area (Å²) >= 11 is 0. The van der Waals surface area contributed by atoms with Crippen molar-refractivity contribution in [1.29, 1.82) is 0 Å². The van der Waals surface area contributed by atoms with Gasteiger partial charge in [-0.15, -0.1) is 0 Å². The lowest BCUT2D eigenvalue weighted by molar-refractivity contribution is 0.192. The Morgan fingerprint density at radius 2 is 2.25 bits per heavy atom. The van der Waals surface area contributed by atoms with E-state index in [1.165, 1.54) is 12.8 Å². The van der Waals surface area contributed by atoms with Crippen LogP contribution in [0.15, 0.2) is 0 Å². The lowest BCUT2D eigenvalue weighted by Crippen LogP contribution is -2.71. The van der Waals surface area contributed by atoms with E-state index in [9.17, 15) is 0 Å². The fourth-order valence-corrected chi connectivity index (χ4v) is 0.860. The SMILES string of the molecule is CCCC1NN[C@H]1N. The Labute approximate surface area is 49.6 Å². The Morgan fingerprint density at radius 1 is 1.50 bits per heavy atom. The second-order valence-corrected chi connectivity index (χ2v) is 2.21. The summed E-state index contributed by atoms with van der Waals surface area (Å²) < 4.78 is 0. The monoisotopic (exact) mass is 115 g/mol. The summed E-state index contributed by atoms with van der Waals surface area (Å²) in [6.07, 6.45) is 2.57. The molecule has 0 aromatic rings. The zero-order valence-corrected chi connectivity index (χ0v) is 5.15. The summed E-state index contributed by atoms with van der Waals surface area (Å²) in [5.74, 6) is 0. The largest absolute Gasteiger partial charge is 0.314 e. The molecule has 0 bridgehead atoms. The van der Waals surface area contributed by atoms with E-state index in [1.54, 1.807) is 0 Å². The van der Waals surface area contributed by atoms with Crippen LogP contribution in [0.5, 0.6) is 0 Å². The van der Waals surface area contributed by atoms with Crippen LogP contribution in [0.25, 0.3) is 0 Å². The lowest BCUT2D eigenvalue weighted by Gasteiger charge is -2.36. The van der Waals surface area contributed by atoms with Crippen molar-refractivity contribution in [3.8, 4) is 0 Å². The van der Waals surface area contributed by atoms with Crippen molar-refractivity contribution < 1.29 is 0 Å². The maximum Gasteiger partial charge on any atom is 0.0848 e. The molecule has 4 N–H and O–H groups in total. The molecular formula is C5H13N3. The number of rotatable bonds is 2. The summed E-state index contributed by atoms with van der Waals surface area (Å²) in [6.45, 7) is 2.16. The van der Waals surface area contributed by atoms with E-state index in [0.29, 0.717) is 6.04 Å². The smallest absolute Gasteiger partial charge is 0.0848 e. The molecular weight excluding hydrogens is 102 g/mol. The molecule has 0 radical (unpaired) electrons. The maximum absolute atomic E-state index is 5.54. The minimum atomic E-state index is 0.190. The van der Waals surface area contributed by atoms with Gasteiger partial charge in [0.15, 0.2) is 0 Å². The molecule has 1 aliphatic heterocycles. The first-order valence-electron chi connectivity index (χ1n) is 3.11. The number of nitrogens with one attached hydrogen (secondary N) is 2. The first kappa shape index (κ1) is 6.01. The molecule has 0 aliphatic carbocycles. The highest BCUT2D eigenvalue weighted by atomic mass is 15.5. The highest BCUT2D eigenvalue weighted by molar-refractivity contribution is 4.82. The normalized spacial score (nSPS) is 36.8. The van der Waals surface area contributed by atoms with Crippen LogP contribution in [0, 0.1) is 0 Å². The van der Waals surface area contributed by atoms with Gasteiger partial charge < -0.3 is 5.73 Å². The van der Waals surface area contributed by atoms with Crippen LogP contribution in [-0.2, 0) is 0 Å². The molecule has 1 aliphatic rings. The highest BCUT2D eigenvalue weighted by Gasteiger charge is 2.24. The molecule has 3 nitrogen and oxygen atoms in total. The van der Waals surface area contributed by atoms with Crippen molar-refractivity contribution in [2.75, 3.05) is 0 Å². The third-order valence-electron chi connectivity index (χ3n) is 1.47. The van der Waals surface area contributed by atoms with Gasteiger partial charge >= 0.3 is 0 Å². The van der Waals surface area contributed by atoms with Gasteiger partial charge in [-0.2, -0.15) is 0 Å². The van der Waals surface area contributed by atoms with Crippen LogP contribution in [0.3, 0.4) is 0 Å². The van der Waals surface area contributed by atoms with E-state index >= 15 is 0 Å². The average molecular weight is 115 g/mol. The number of hydrogen-bond donors (Lipinski definition) is 3. The van der Waals surface area contributed by atoms with Crippen LogP contribution < -0.4 is 16.6 Å². The third-order valence-corrected chi connectivity index (χ3v) is 1.47. The number of hydrazine groups is 1. The van der Waals surface area contributed by atoms with Gasteiger partial charge in [-0.3, -0.25) is 5.43 Å². The molecule has 0 aromatic heterocycles. The van der Waals surface area contributed by atoms with Crippen molar-refractivity contribution in [1.82, 2.24) is 10.9 Å². The van der Waals surface area contributed by atoms with E-state index in [-0.39, 0.29) is 6.17 Å². The molecule has 0 amide bonds. The molecule has 1 fully saturated rings. The Hall–Kier alpha value is -0.120. The molecule has 1 saturated heterocycles. The van der Waals surface area contributed by atoms with Crippen LogP contribution >= 0.6 is 0 Å². The lowest BCUT2D eigenvalue weighted by atomic mass is 10.1. The Bertz CT molecular complexity index is 74.1. The van der Waals surface area contributed by atoms with Gasteiger partial charge in [0.25, 0.3) is 0 Å². The van der Waals surface area contributed by atoms with Crippen molar-refractivity contribution in [3.63, 3.8) is 0 Å². The van der Waals surface area contributed by atoms with E-state index in [2.05, 4.69) is 17.8 Å². The quantitative estimate of drug-likeness (QED) is 0.457. The second-order valence-electron chi connectivity index (χ2n) is 2.21. The fourth-order valence-electron chi connectivity index (χ4n) is 0.860. The van der Waals surface area contributed by atoms with Crippen LogP contribution in [0.2, 0.25) is 0 Å². The summed E-state index contributed by atoms with van der Waals surface area (Å²) in [4.78, 5) is 0. The Morgan fingerprint density at radius 3 is 2.38 bits per heavy atom. The van der Waals surface area contributed by atoms with Crippen LogP contribution in [0.1, 0.15) is 19.8 Å². The third kappa shape index (κ3) is 0.992. The maximum atomic E-state index is 5.54. The topological polar surface area (TPSA) is 50.1 Å². The molecule has 0 saturated carbocycles. The minimum absolute atomic E-state index is 0.190. The second kappa shape index (κ2) is 2.44. The zero-order valence-electron chi connectivity index (χ0n) is 5.15. The van der Waals surface area contributed by atoms with E-state index < -0.39 is 0 Å². The van der Waals surface area contributed by atoms with Crippen molar-refractivity contribution >= 4 is 0 Å². The van der Waals surface area contributed by atoms with Crippen molar-refractivity contribution in [2.45, 2.75) is 32.0 Å². The van der Waals surface area contributed by atoms with Crippen molar-refractivity contribution in [3.05, 3.63) is 0 Å². The molecule has 1 rings (SSSR count). The van der Waals surface area contributed by atoms with Gasteiger partial charge in [0, 0.05) is 0 Å². The van der Waals surface area contributed by atoms with Gasteiger partial charge in [0.2, 0.25) is 0 Å². The summed E-state index contributed by atoms with van der Waals surface area (Å²) in [5.41, 5.74) is 11.4. The van der Waals surface area contributed by atoms with Gasteiger partial charge in [0.1, 0.15) is 0 Å². The average Bonchev–Trinajstić information content (AvgIpc) is 1.79. The molecule has 0 spiro atoms. The van der Waals surface area contributed by atoms with E-state index in [1.807, 2.05) is 0 Å². The summed E-state index contributed by atoms with van der Waals surface area (Å²) in [6, 6.07) is 0.514. The van der Waals surface area contributed by atoms with Crippen LogP contribution in [-0.4, -0.2) is 12.2 Å². The number of nitrogens with two attached hydrogens (primary N) is 1. The molecule has 0 aromatic carbocycles. The van der Waals surface area contributed by atoms with Crippen LogP contribution in [0.4, 0.5) is 0 Å². The Kier molecular flexibility index (Phi) is 1.83. The van der Waals surface area contributed by atoms with Gasteiger partial charge in [0.05, 0.1) is 12.2 Å². The van der Waals surface area contributed by atoms with Gasteiger partial charge in [-0.25, -0.2) is 5.43 Å². The van der Waals surface area contributed by atoms with Gasteiger partial charge in [-0.05, 0) is 6.42 Å². The minimum Gasteiger partial charge on any atom is -0.314 e. The molecule has 8 heavy (non-hydrogen) atoms. The van der Waals surface area contributed by atoms with E-state index in [0.717, 1.165) is 0 Å². The highest BCUT2D eigenvalue weighted by Crippen LogP contribution is 2.02. The summed E-state index contributed by atoms with van der Waals surface area (Å²) in [5, 5.41) is 0. The number of hydrogen-bond acceptors (Lipinski definition) is 3. The zero-order chi connectivity index (χ0) is 5.98. The first-order chi connectivity index (χ1) is 3.84. The predicted octanol–water partition coefficient (Wildman–Crippen LogP) is -0.452. The molecule has 3 heteroatoms. The Balaban J connectivity index is 2.08. The predicted molar refractivity (Wildman–Crippen MR) is 32.9 cm³/mol. The summed E-state index contributed by atoms with van der Waals surface area (Å²) in [7, 11) is 0. The molecule has 48 valence electrons. The standard InChI is InChI=1S/C5H13N3/c1-2-3-4-5(6)8-7-4/h4-5,7-8H,2-3,6H2,1H3/t4?,5-/m1/s1. The van der Waals surface area contributed by atoms with E-state index in [4.69, 9.17) is 5.73 Å². The molecule has 1 heterocycles. The van der Waals surface area contributed by atoms with Crippen molar-refractivity contribution in [2.24, 2.45) is 5.73 Å². The van der Waals surface area contributed by atoms with Gasteiger partial charge in [-0.1, -0.05) is 13.3 Å². The molecule has 2 atom stereocenters. The first-order valence-corrected chi connectivity index (χ1v) is 3.11.